The number of aryl methyl sites for hydroxylation is 1. The molecule has 3 atom stereocenters. The van der Waals surface area contributed by atoms with Gasteiger partial charge in [-0.15, -0.1) is 0 Å². The summed E-state index contributed by atoms with van der Waals surface area (Å²) in [5.41, 5.74) is 0.921. The Balaban J connectivity index is 1.99. The third kappa shape index (κ3) is 2.72. The van der Waals surface area contributed by atoms with Gasteiger partial charge >= 0.3 is 5.97 Å². The maximum Gasteiger partial charge on any atom is 0.341 e. The van der Waals surface area contributed by atoms with E-state index in [1.165, 1.54) is 12.3 Å². The number of carboxylic acids is 1. The first-order valence-electron chi connectivity index (χ1n) is 9.36. The maximum atomic E-state index is 15.1. The highest BCUT2D eigenvalue weighted by Gasteiger charge is 2.31. The Morgan fingerprint density at radius 2 is 2.04 bits per heavy atom. The molecule has 1 fully saturated rings. The molecule has 1 aromatic heterocycles. The number of halogens is 1. The van der Waals surface area contributed by atoms with Crippen LogP contribution < -0.4 is 10.3 Å². The van der Waals surface area contributed by atoms with Crippen LogP contribution in [0.15, 0.2) is 17.1 Å². The fourth-order valence-corrected chi connectivity index (χ4v) is 4.46. The van der Waals surface area contributed by atoms with Crippen molar-refractivity contribution in [2.24, 2.45) is 5.92 Å². The lowest BCUT2D eigenvalue weighted by molar-refractivity contribution is 0.0694. The van der Waals surface area contributed by atoms with Crippen molar-refractivity contribution in [3.8, 4) is 0 Å². The number of rotatable bonds is 2. The molecule has 0 spiro atoms. The van der Waals surface area contributed by atoms with Gasteiger partial charge in [-0.3, -0.25) is 4.79 Å². The number of aliphatic hydroxyl groups is 1. The van der Waals surface area contributed by atoms with Crippen LogP contribution in [0.5, 0.6) is 0 Å². The predicted molar refractivity (Wildman–Crippen MR) is 100 cm³/mol. The largest absolute Gasteiger partial charge is 0.477 e. The number of carboxylic acid groups (broad SMARTS) is 1. The first-order valence-corrected chi connectivity index (χ1v) is 9.36. The number of aromatic carboxylic acids is 1. The number of piperidine rings is 1. The summed E-state index contributed by atoms with van der Waals surface area (Å²) >= 11 is 0. The average Bonchev–Trinajstić information content (AvgIpc) is 2.61. The Morgan fingerprint density at radius 3 is 2.70 bits per heavy atom. The van der Waals surface area contributed by atoms with Crippen LogP contribution in [0.4, 0.5) is 10.1 Å². The molecule has 2 unspecified atom stereocenters. The third-order valence-electron chi connectivity index (χ3n) is 6.03. The molecule has 0 bridgehead atoms. The Kier molecular flexibility index (Phi) is 4.22. The summed E-state index contributed by atoms with van der Waals surface area (Å²) in [6.45, 7) is 5.01. The van der Waals surface area contributed by atoms with Crippen molar-refractivity contribution in [2.75, 3.05) is 18.0 Å². The molecule has 0 radical (unpaired) electrons. The Bertz CT molecular complexity index is 1000. The molecule has 0 amide bonds. The summed E-state index contributed by atoms with van der Waals surface area (Å²) in [6.07, 6.45) is 2.94. The molecule has 6 nitrogen and oxygen atoms in total. The van der Waals surface area contributed by atoms with Crippen molar-refractivity contribution in [1.29, 1.82) is 0 Å². The summed E-state index contributed by atoms with van der Waals surface area (Å²) < 4.78 is 17.0. The first kappa shape index (κ1) is 18.0. The van der Waals surface area contributed by atoms with Gasteiger partial charge in [0.1, 0.15) is 11.4 Å². The molecule has 2 aromatic rings. The van der Waals surface area contributed by atoms with Crippen LogP contribution >= 0.6 is 0 Å². The molecule has 0 saturated carbocycles. The van der Waals surface area contributed by atoms with Gasteiger partial charge in [0.25, 0.3) is 0 Å². The average molecular weight is 374 g/mol. The van der Waals surface area contributed by atoms with Crippen LogP contribution in [0.1, 0.15) is 48.7 Å². The van der Waals surface area contributed by atoms with Crippen molar-refractivity contribution in [3.05, 3.63) is 39.4 Å². The highest BCUT2D eigenvalue weighted by Crippen LogP contribution is 2.39. The molecule has 1 saturated heterocycles. The number of anilines is 1. The van der Waals surface area contributed by atoms with Crippen molar-refractivity contribution in [1.82, 2.24) is 4.57 Å². The zero-order valence-electron chi connectivity index (χ0n) is 15.4. The summed E-state index contributed by atoms with van der Waals surface area (Å²) in [7, 11) is 0. The van der Waals surface area contributed by atoms with E-state index >= 15 is 4.39 Å². The lowest BCUT2D eigenvalue weighted by Gasteiger charge is -2.38. The SMILES string of the molecule is CC1CN(c2c(F)cc3c(=O)c(C(=O)O)cn4c3c2CCC4C)CC[C@@H]1O. The fourth-order valence-electron chi connectivity index (χ4n) is 4.46. The topological polar surface area (TPSA) is 82.8 Å². The van der Waals surface area contributed by atoms with Crippen LogP contribution in [0, 0.1) is 11.7 Å². The Hall–Kier alpha value is -2.41. The zero-order chi connectivity index (χ0) is 19.5. The number of hydrogen-bond acceptors (Lipinski definition) is 4. The number of nitrogens with zero attached hydrogens (tertiary/aromatic N) is 2. The Labute approximate surface area is 155 Å². The first-order chi connectivity index (χ1) is 12.8. The number of hydrogen-bond donors (Lipinski definition) is 2. The monoisotopic (exact) mass is 374 g/mol. The van der Waals surface area contributed by atoms with Crippen molar-refractivity contribution >= 4 is 22.6 Å². The van der Waals surface area contributed by atoms with E-state index in [0.717, 1.165) is 12.0 Å². The van der Waals surface area contributed by atoms with E-state index in [4.69, 9.17) is 0 Å². The second-order valence-electron chi connectivity index (χ2n) is 7.83. The summed E-state index contributed by atoms with van der Waals surface area (Å²) in [5.74, 6) is -1.77. The van der Waals surface area contributed by atoms with E-state index in [9.17, 15) is 19.8 Å². The van der Waals surface area contributed by atoms with E-state index in [2.05, 4.69) is 0 Å². The summed E-state index contributed by atoms with van der Waals surface area (Å²) in [4.78, 5) is 26.1. The molecule has 2 aliphatic heterocycles. The molecular formula is C20H23FN2O4. The second-order valence-corrected chi connectivity index (χ2v) is 7.83. The van der Waals surface area contributed by atoms with Crippen molar-refractivity contribution in [2.45, 2.75) is 45.3 Å². The van der Waals surface area contributed by atoms with Crippen molar-refractivity contribution < 1.29 is 19.4 Å². The van der Waals surface area contributed by atoms with E-state index in [1.54, 1.807) is 0 Å². The quantitative estimate of drug-likeness (QED) is 0.844. The van der Waals surface area contributed by atoms with Crippen LogP contribution in [0.3, 0.4) is 0 Å². The van der Waals surface area contributed by atoms with E-state index in [0.29, 0.717) is 37.1 Å². The number of aromatic nitrogens is 1. The van der Waals surface area contributed by atoms with Crippen LogP contribution in [-0.4, -0.2) is 39.9 Å². The van der Waals surface area contributed by atoms with E-state index in [-0.39, 0.29) is 22.9 Å². The summed E-state index contributed by atoms with van der Waals surface area (Å²) in [5, 5.41) is 19.5. The fraction of sp³-hybridized carbons (Fsp3) is 0.500. The van der Waals surface area contributed by atoms with E-state index < -0.39 is 23.3 Å². The highest BCUT2D eigenvalue weighted by atomic mass is 19.1. The predicted octanol–water partition coefficient (Wildman–Crippen LogP) is 2.55. The molecule has 2 N–H and O–H groups in total. The number of benzene rings is 1. The van der Waals surface area contributed by atoms with Gasteiger partial charge in [-0.1, -0.05) is 6.92 Å². The van der Waals surface area contributed by atoms with Gasteiger partial charge in [0, 0.05) is 36.3 Å². The Morgan fingerprint density at radius 1 is 1.30 bits per heavy atom. The number of pyridine rings is 1. The lowest BCUT2D eigenvalue weighted by Crippen LogP contribution is -2.43. The molecule has 0 aliphatic carbocycles. The maximum absolute atomic E-state index is 15.1. The van der Waals surface area contributed by atoms with E-state index in [1.807, 2.05) is 23.3 Å². The van der Waals surface area contributed by atoms with Crippen molar-refractivity contribution in [3.63, 3.8) is 0 Å². The van der Waals surface area contributed by atoms with Gasteiger partial charge in [0.15, 0.2) is 0 Å². The molecule has 27 heavy (non-hydrogen) atoms. The van der Waals surface area contributed by atoms with Gasteiger partial charge in [-0.05, 0) is 38.2 Å². The minimum absolute atomic E-state index is 0.0270. The van der Waals surface area contributed by atoms with Crippen LogP contribution in [0.25, 0.3) is 10.9 Å². The molecule has 4 rings (SSSR count). The summed E-state index contributed by atoms with van der Waals surface area (Å²) in [6, 6.07) is 1.21. The smallest absolute Gasteiger partial charge is 0.341 e. The zero-order valence-corrected chi connectivity index (χ0v) is 15.4. The molecule has 144 valence electrons. The molecule has 7 heteroatoms. The second kappa shape index (κ2) is 6.34. The lowest BCUT2D eigenvalue weighted by atomic mass is 9.91. The van der Waals surface area contributed by atoms with Gasteiger partial charge in [-0.25, -0.2) is 9.18 Å². The molecule has 2 aliphatic rings. The van der Waals surface area contributed by atoms with Crippen LogP contribution in [0.2, 0.25) is 0 Å². The normalized spacial score (nSPS) is 25.0. The number of aliphatic hydroxyl groups excluding tert-OH is 1. The van der Waals surface area contributed by atoms with Gasteiger partial charge in [-0.2, -0.15) is 0 Å². The molecule has 1 aromatic carbocycles. The van der Waals surface area contributed by atoms with Gasteiger partial charge in [0.05, 0.1) is 17.3 Å². The highest BCUT2D eigenvalue weighted by molar-refractivity contribution is 5.95. The minimum atomic E-state index is -1.30. The van der Waals surface area contributed by atoms with Gasteiger partial charge in [0.2, 0.25) is 5.43 Å². The molecule has 3 heterocycles. The molecular weight excluding hydrogens is 351 g/mol. The standard InChI is InChI=1S/C20H23FN2O4/c1-10-8-22(6-5-16(10)24)18-12-4-3-11(2)23-9-14(20(26)27)19(25)13(17(12)23)7-15(18)21/h7,9-11,16,24H,3-6,8H2,1-2H3,(H,26,27)/t10?,11?,16-/m0/s1. The minimum Gasteiger partial charge on any atom is -0.477 e. The number of carbonyl (C=O) groups is 1. The van der Waals surface area contributed by atoms with Crippen LogP contribution in [-0.2, 0) is 6.42 Å². The third-order valence-corrected chi connectivity index (χ3v) is 6.03. The van der Waals surface area contributed by atoms with Gasteiger partial charge < -0.3 is 19.7 Å².